The lowest BCUT2D eigenvalue weighted by atomic mass is 10.1. The fourth-order valence-electron chi connectivity index (χ4n) is 2.97. The Balaban J connectivity index is 1.57. The van der Waals surface area contributed by atoms with Crippen molar-refractivity contribution in [2.24, 2.45) is 0 Å². The van der Waals surface area contributed by atoms with E-state index in [1.165, 1.54) is 16.9 Å². The summed E-state index contributed by atoms with van der Waals surface area (Å²) in [4.78, 5) is 20.9. The van der Waals surface area contributed by atoms with Crippen LogP contribution in [0.4, 0.5) is 4.39 Å². The summed E-state index contributed by atoms with van der Waals surface area (Å²) in [5.74, 6) is -0.0378. The van der Waals surface area contributed by atoms with Crippen molar-refractivity contribution < 1.29 is 13.9 Å². The predicted molar refractivity (Wildman–Crippen MR) is 91.7 cm³/mol. The van der Waals surface area contributed by atoms with Gasteiger partial charge in [0.15, 0.2) is 11.5 Å². The number of ether oxygens (including phenoxy) is 1. The van der Waals surface area contributed by atoms with Crippen LogP contribution < -0.4 is 5.32 Å². The number of halogens is 1. The van der Waals surface area contributed by atoms with Gasteiger partial charge in [0.2, 0.25) is 5.91 Å². The number of amides is 1. The van der Waals surface area contributed by atoms with E-state index in [-0.39, 0.29) is 17.8 Å². The van der Waals surface area contributed by atoms with E-state index in [9.17, 15) is 9.18 Å². The maximum Gasteiger partial charge on any atom is 0.249 e. The van der Waals surface area contributed by atoms with Gasteiger partial charge in [0.05, 0.1) is 11.7 Å². The number of nitrogens with zero attached hydrogens (tertiary/aromatic N) is 4. The molecule has 1 aliphatic heterocycles. The van der Waals surface area contributed by atoms with Crippen molar-refractivity contribution in [3.05, 3.63) is 48.3 Å². The van der Waals surface area contributed by atoms with E-state index >= 15 is 0 Å². The Morgan fingerprint density at radius 2 is 2.27 bits per heavy atom. The summed E-state index contributed by atoms with van der Waals surface area (Å²) in [6, 6.07) is 7.73. The van der Waals surface area contributed by atoms with E-state index in [2.05, 4.69) is 20.4 Å². The number of benzene rings is 1. The van der Waals surface area contributed by atoms with E-state index in [4.69, 9.17) is 4.74 Å². The second-order valence-corrected chi connectivity index (χ2v) is 6.26. The Bertz CT molecular complexity index is 952. The molecular formula is C18H18FN5O2. The van der Waals surface area contributed by atoms with Gasteiger partial charge in [-0.15, -0.1) is 5.10 Å². The quantitative estimate of drug-likeness (QED) is 0.776. The molecule has 26 heavy (non-hydrogen) atoms. The van der Waals surface area contributed by atoms with E-state index in [0.717, 1.165) is 12.8 Å². The summed E-state index contributed by atoms with van der Waals surface area (Å²) < 4.78 is 20.8. The third kappa shape index (κ3) is 3.15. The van der Waals surface area contributed by atoms with E-state index in [0.29, 0.717) is 29.3 Å². The minimum absolute atomic E-state index is 0.154. The van der Waals surface area contributed by atoms with Gasteiger partial charge in [-0.3, -0.25) is 4.79 Å². The van der Waals surface area contributed by atoms with Crippen molar-refractivity contribution in [3.63, 3.8) is 0 Å². The number of carbonyl (C=O) groups excluding carboxylic acids is 1. The number of aromatic nitrogens is 4. The second kappa shape index (κ2) is 6.80. The molecule has 3 heterocycles. The molecule has 1 amide bonds. The molecule has 4 rings (SSSR count). The first-order chi connectivity index (χ1) is 12.6. The number of rotatable bonds is 4. The summed E-state index contributed by atoms with van der Waals surface area (Å²) in [6.07, 6.45) is 2.71. The molecule has 0 spiro atoms. The number of carbonyl (C=O) groups is 1. The first-order valence-electron chi connectivity index (χ1n) is 8.51. The number of hydrogen-bond acceptors (Lipinski definition) is 5. The maximum atomic E-state index is 14.0. The Morgan fingerprint density at radius 1 is 1.42 bits per heavy atom. The van der Waals surface area contributed by atoms with Gasteiger partial charge >= 0.3 is 0 Å². The SMILES string of the molecule is C[C@H](NC(=O)[C@@H]1CCCO1)c1nc2cc(-c3ccccc3F)ncn2n1. The van der Waals surface area contributed by atoms with Crippen LogP contribution in [-0.4, -0.2) is 38.2 Å². The smallest absolute Gasteiger partial charge is 0.249 e. The molecule has 0 bridgehead atoms. The van der Waals surface area contributed by atoms with E-state index < -0.39 is 6.10 Å². The normalized spacial score (nSPS) is 18.2. The summed E-state index contributed by atoms with van der Waals surface area (Å²) in [5, 5.41) is 7.22. The lowest BCUT2D eigenvalue weighted by Crippen LogP contribution is -2.36. The number of fused-ring (bicyclic) bond motifs is 1. The molecule has 7 nitrogen and oxygen atoms in total. The number of hydrogen-bond donors (Lipinski definition) is 1. The van der Waals surface area contributed by atoms with Crippen molar-refractivity contribution in [2.75, 3.05) is 6.61 Å². The molecule has 1 aliphatic rings. The standard InChI is InChI=1S/C18H18FN5O2/c1-11(21-18(25)15-7-4-8-26-15)17-22-16-9-14(20-10-24(16)23-17)12-5-2-3-6-13(12)19/h2-3,5-6,9-11,15H,4,7-8H2,1H3,(H,21,25)/t11-,15-/m0/s1. The van der Waals surface area contributed by atoms with Gasteiger partial charge in [0, 0.05) is 18.2 Å². The minimum atomic E-state index is -0.399. The van der Waals surface area contributed by atoms with E-state index in [1.807, 2.05) is 6.92 Å². The molecule has 2 aromatic heterocycles. The molecular weight excluding hydrogens is 337 g/mol. The summed E-state index contributed by atoms with van der Waals surface area (Å²) in [5.41, 5.74) is 1.41. The fourth-order valence-corrected chi connectivity index (χ4v) is 2.97. The van der Waals surface area contributed by atoms with Crippen molar-refractivity contribution in [1.82, 2.24) is 24.9 Å². The van der Waals surface area contributed by atoms with Gasteiger partial charge < -0.3 is 10.1 Å². The topological polar surface area (TPSA) is 81.4 Å². The van der Waals surface area contributed by atoms with Gasteiger partial charge in [0.25, 0.3) is 0 Å². The highest BCUT2D eigenvalue weighted by Crippen LogP contribution is 2.21. The van der Waals surface area contributed by atoms with Gasteiger partial charge in [-0.1, -0.05) is 12.1 Å². The first-order valence-corrected chi connectivity index (χ1v) is 8.51. The second-order valence-electron chi connectivity index (χ2n) is 6.26. The van der Waals surface area contributed by atoms with E-state index in [1.54, 1.807) is 24.3 Å². The fraction of sp³-hybridized carbons (Fsp3) is 0.333. The lowest BCUT2D eigenvalue weighted by molar-refractivity contribution is -0.130. The van der Waals surface area contributed by atoms with Crippen molar-refractivity contribution in [3.8, 4) is 11.3 Å². The molecule has 8 heteroatoms. The molecule has 0 radical (unpaired) electrons. The van der Waals surface area contributed by atoms with Crippen LogP contribution in [0.15, 0.2) is 36.7 Å². The highest BCUT2D eigenvalue weighted by molar-refractivity contribution is 5.81. The highest BCUT2D eigenvalue weighted by atomic mass is 19.1. The predicted octanol–water partition coefficient (Wildman–Crippen LogP) is 2.29. The van der Waals surface area contributed by atoms with Crippen molar-refractivity contribution >= 4 is 11.6 Å². The maximum absolute atomic E-state index is 14.0. The molecule has 0 aliphatic carbocycles. The molecule has 1 saturated heterocycles. The summed E-state index contributed by atoms with van der Waals surface area (Å²) in [7, 11) is 0. The van der Waals surface area contributed by atoms with Crippen LogP contribution in [0.3, 0.4) is 0 Å². The molecule has 0 saturated carbocycles. The van der Waals surface area contributed by atoms with Crippen molar-refractivity contribution in [1.29, 1.82) is 0 Å². The van der Waals surface area contributed by atoms with Crippen LogP contribution in [-0.2, 0) is 9.53 Å². The zero-order chi connectivity index (χ0) is 18.1. The highest BCUT2D eigenvalue weighted by Gasteiger charge is 2.26. The Morgan fingerprint density at radius 3 is 3.04 bits per heavy atom. The molecule has 1 aromatic carbocycles. The van der Waals surface area contributed by atoms with Crippen LogP contribution >= 0.6 is 0 Å². The Hall–Kier alpha value is -2.87. The zero-order valence-electron chi connectivity index (χ0n) is 14.2. The van der Waals surface area contributed by atoms with Crippen LogP contribution in [0.1, 0.15) is 31.6 Å². The average Bonchev–Trinajstić information content (AvgIpc) is 3.31. The third-order valence-corrected chi connectivity index (χ3v) is 4.36. The van der Waals surface area contributed by atoms with Gasteiger partial charge in [0.1, 0.15) is 18.2 Å². The number of nitrogens with one attached hydrogen (secondary N) is 1. The molecule has 1 N–H and O–H groups in total. The summed E-state index contributed by atoms with van der Waals surface area (Å²) in [6.45, 7) is 2.43. The van der Waals surface area contributed by atoms with Crippen LogP contribution in [0.5, 0.6) is 0 Å². The minimum Gasteiger partial charge on any atom is -0.368 e. The molecule has 3 aromatic rings. The Labute approximate surface area is 149 Å². The van der Waals surface area contributed by atoms with Gasteiger partial charge in [-0.2, -0.15) is 0 Å². The zero-order valence-corrected chi connectivity index (χ0v) is 14.2. The summed E-state index contributed by atoms with van der Waals surface area (Å²) >= 11 is 0. The van der Waals surface area contributed by atoms with Crippen molar-refractivity contribution in [2.45, 2.75) is 31.9 Å². The van der Waals surface area contributed by atoms with Crippen LogP contribution in [0.2, 0.25) is 0 Å². The monoisotopic (exact) mass is 355 g/mol. The van der Waals surface area contributed by atoms with Gasteiger partial charge in [-0.25, -0.2) is 18.9 Å². The van der Waals surface area contributed by atoms with Crippen LogP contribution in [0.25, 0.3) is 16.9 Å². The molecule has 0 unspecified atom stereocenters. The average molecular weight is 355 g/mol. The molecule has 134 valence electrons. The first kappa shape index (κ1) is 16.6. The van der Waals surface area contributed by atoms with Crippen LogP contribution in [0, 0.1) is 5.82 Å². The lowest BCUT2D eigenvalue weighted by Gasteiger charge is -2.14. The van der Waals surface area contributed by atoms with Gasteiger partial charge in [-0.05, 0) is 31.9 Å². The molecule has 1 fully saturated rings. The Kier molecular flexibility index (Phi) is 4.34. The largest absolute Gasteiger partial charge is 0.368 e. The third-order valence-electron chi connectivity index (χ3n) is 4.36. The molecule has 2 atom stereocenters.